The largest absolute Gasteiger partial charge is 0.508 e. The van der Waals surface area contributed by atoms with Gasteiger partial charge in [-0.25, -0.2) is 4.79 Å². The van der Waals surface area contributed by atoms with Gasteiger partial charge in [0.05, 0.1) is 5.56 Å². The lowest BCUT2D eigenvalue weighted by Gasteiger charge is -2.22. The standard InChI is InChI=1S/C24H26BrN3O5/c25-20-13-16(22(30)27-14-15-4-3-6-18(29)12-15)7-9-19(20)23(31)28-21(24(32)33)10-8-17-5-1-2-11-26-17/h3-4,6-7,9-10,12-13,17,26,29H,1-2,5,8,11,14H2,(H,27,30)(H,28,31)(H,32,33). The summed E-state index contributed by atoms with van der Waals surface area (Å²) in [6, 6.07) is 11.2. The number of hydrogen-bond donors (Lipinski definition) is 5. The third kappa shape index (κ3) is 7.16. The third-order valence-corrected chi connectivity index (χ3v) is 5.99. The van der Waals surface area contributed by atoms with Gasteiger partial charge in [-0.3, -0.25) is 9.59 Å². The Hall–Kier alpha value is -3.17. The predicted octanol–water partition coefficient (Wildman–Crippen LogP) is 3.32. The normalized spacial score (nSPS) is 16.2. The number of halogens is 1. The second-order valence-corrected chi connectivity index (χ2v) is 8.66. The molecule has 0 spiro atoms. The highest BCUT2D eigenvalue weighted by atomic mass is 79.9. The average molecular weight is 516 g/mol. The average Bonchev–Trinajstić information content (AvgIpc) is 2.80. The summed E-state index contributed by atoms with van der Waals surface area (Å²) in [5, 5.41) is 27.5. The highest BCUT2D eigenvalue weighted by Crippen LogP contribution is 2.20. The van der Waals surface area contributed by atoms with Crippen LogP contribution in [0.15, 0.2) is 58.7 Å². The maximum Gasteiger partial charge on any atom is 0.352 e. The van der Waals surface area contributed by atoms with E-state index in [9.17, 15) is 24.6 Å². The zero-order valence-corrected chi connectivity index (χ0v) is 19.5. The number of hydrogen-bond acceptors (Lipinski definition) is 5. The van der Waals surface area contributed by atoms with Crippen LogP contribution in [0.2, 0.25) is 0 Å². The minimum atomic E-state index is -1.21. The maximum atomic E-state index is 12.7. The summed E-state index contributed by atoms with van der Waals surface area (Å²) in [6.45, 7) is 1.14. The van der Waals surface area contributed by atoms with E-state index in [2.05, 4.69) is 31.9 Å². The summed E-state index contributed by atoms with van der Waals surface area (Å²) >= 11 is 3.30. The van der Waals surface area contributed by atoms with E-state index in [4.69, 9.17) is 0 Å². The van der Waals surface area contributed by atoms with Crippen LogP contribution in [0.5, 0.6) is 5.75 Å². The van der Waals surface area contributed by atoms with Crippen molar-refractivity contribution in [3.8, 4) is 5.75 Å². The van der Waals surface area contributed by atoms with E-state index < -0.39 is 11.9 Å². The molecule has 0 saturated carbocycles. The number of phenolic OH excluding ortho intramolecular Hbond substituents is 1. The quantitative estimate of drug-likeness (QED) is 0.343. The van der Waals surface area contributed by atoms with Gasteiger partial charge in [-0.2, -0.15) is 0 Å². The molecule has 1 aliphatic heterocycles. The lowest BCUT2D eigenvalue weighted by atomic mass is 10.0. The number of aliphatic carboxylic acids is 1. The number of phenols is 1. The molecule has 8 nitrogen and oxygen atoms in total. The van der Waals surface area contributed by atoms with Crippen LogP contribution in [0.25, 0.3) is 0 Å². The molecule has 0 radical (unpaired) electrons. The molecule has 1 fully saturated rings. The first kappa shape index (κ1) is 24.5. The molecule has 1 atom stereocenters. The molecule has 2 aromatic rings. The van der Waals surface area contributed by atoms with Gasteiger partial charge in [-0.1, -0.05) is 24.6 Å². The van der Waals surface area contributed by atoms with Gasteiger partial charge in [0.25, 0.3) is 11.8 Å². The first-order valence-corrected chi connectivity index (χ1v) is 11.5. The third-order valence-electron chi connectivity index (χ3n) is 5.34. The van der Waals surface area contributed by atoms with Crippen LogP contribution >= 0.6 is 15.9 Å². The number of piperidine rings is 1. The molecule has 1 heterocycles. The van der Waals surface area contributed by atoms with Crippen LogP contribution < -0.4 is 16.0 Å². The summed E-state index contributed by atoms with van der Waals surface area (Å²) in [5.74, 6) is -2.03. The van der Waals surface area contributed by atoms with Crippen molar-refractivity contribution in [3.05, 3.63) is 75.4 Å². The number of carboxylic acid groups (broad SMARTS) is 1. The van der Waals surface area contributed by atoms with E-state index in [0.29, 0.717) is 16.5 Å². The van der Waals surface area contributed by atoms with Crippen LogP contribution in [0, 0.1) is 0 Å². The van der Waals surface area contributed by atoms with Crippen molar-refractivity contribution in [1.29, 1.82) is 0 Å². The van der Waals surface area contributed by atoms with E-state index in [1.807, 2.05) is 0 Å². The molecule has 174 valence electrons. The summed E-state index contributed by atoms with van der Waals surface area (Å²) in [4.78, 5) is 36.7. The minimum Gasteiger partial charge on any atom is -0.508 e. The fraction of sp³-hybridized carbons (Fsp3) is 0.292. The molecular formula is C24H26BrN3O5. The molecule has 0 bridgehead atoms. The second kappa shape index (κ2) is 11.6. The Bertz CT molecular complexity index is 1060. The lowest BCUT2D eigenvalue weighted by Crippen LogP contribution is -2.34. The Balaban J connectivity index is 1.63. The molecule has 5 N–H and O–H groups in total. The van der Waals surface area contributed by atoms with Gasteiger partial charge < -0.3 is 26.2 Å². The number of aromatic hydroxyl groups is 1. The fourth-order valence-corrected chi connectivity index (χ4v) is 4.12. The molecule has 2 aromatic carbocycles. The van der Waals surface area contributed by atoms with E-state index in [1.54, 1.807) is 24.3 Å². The van der Waals surface area contributed by atoms with Crippen LogP contribution in [-0.2, 0) is 11.3 Å². The molecule has 2 amide bonds. The monoisotopic (exact) mass is 515 g/mol. The van der Waals surface area contributed by atoms with Crippen LogP contribution in [0.4, 0.5) is 0 Å². The molecule has 3 rings (SSSR count). The van der Waals surface area contributed by atoms with Crippen molar-refractivity contribution in [2.45, 2.75) is 38.3 Å². The fourth-order valence-electron chi connectivity index (χ4n) is 3.56. The first-order valence-electron chi connectivity index (χ1n) is 10.7. The van der Waals surface area contributed by atoms with E-state index >= 15 is 0 Å². The highest BCUT2D eigenvalue weighted by molar-refractivity contribution is 9.10. The van der Waals surface area contributed by atoms with Crippen molar-refractivity contribution in [2.24, 2.45) is 0 Å². The number of nitrogens with one attached hydrogen (secondary N) is 3. The molecule has 0 aromatic heterocycles. The van der Waals surface area contributed by atoms with Gasteiger partial charge in [0.1, 0.15) is 11.4 Å². The van der Waals surface area contributed by atoms with E-state index in [-0.39, 0.29) is 35.5 Å². The number of amides is 2. The molecular weight excluding hydrogens is 490 g/mol. The Morgan fingerprint density at radius 1 is 1.12 bits per heavy atom. The number of rotatable bonds is 8. The summed E-state index contributed by atoms with van der Waals surface area (Å²) < 4.78 is 0.365. The minimum absolute atomic E-state index is 0.115. The molecule has 1 aliphatic rings. The number of benzene rings is 2. The van der Waals surface area contributed by atoms with Crippen LogP contribution in [0.1, 0.15) is 52.0 Å². The summed E-state index contributed by atoms with van der Waals surface area (Å²) in [5.41, 5.74) is 1.11. The van der Waals surface area contributed by atoms with Gasteiger partial charge >= 0.3 is 5.97 Å². The van der Waals surface area contributed by atoms with Crippen molar-refractivity contribution in [1.82, 2.24) is 16.0 Å². The number of carbonyl (C=O) groups is 3. The number of carbonyl (C=O) groups excluding carboxylic acids is 2. The van der Waals surface area contributed by atoms with Gasteiger partial charge in [-0.05, 0) is 77.6 Å². The molecule has 1 saturated heterocycles. The zero-order valence-electron chi connectivity index (χ0n) is 17.9. The Labute approximate surface area is 200 Å². The summed E-state index contributed by atoms with van der Waals surface area (Å²) in [7, 11) is 0. The maximum absolute atomic E-state index is 12.7. The molecule has 1 unspecified atom stereocenters. The predicted molar refractivity (Wildman–Crippen MR) is 127 cm³/mol. The molecule has 33 heavy (non-hydrogen) atoms. The zero-order chi connectivity index (χ0) is 23.8. The van der Waals surface area contributed by atoms with Crippen molar-refractivity contribution >= 4 is 33.7 Å². The smallest absolute Gasteiger partial charge is 0.352 e. The van der Waals surface area contributed by atoms with E-state index in [1.165, 1.54) is 24.3 Å². The molecule has 9 heteroatoms. The second-order valence-electron chi connectivity index (χ2n) is 7.81. The first-order chi connectivity index (χ1) is 15.8. The van der Waals surface area contributed by atoms with Gasteiger partial charge in [0, 0.05) is 22.6 Å². The van der Waals surface area contributed by atoms with Crippen LogP contribution in [0.3, 0.4) is 0 Å². The topological polar surface area (TPSA) is 128 Å². The summed E-state index contributed by atoms with van der Waals surface area (Å²) in [6.07, 6.45) is 5.22. The van der Waals surface area contributed by atoms with Crippen molar-refractivity contribution in [3.63, 3.8) is 0 Å². The van der Waals surface area contributed by atoms with Gasteiger partial charge in [0.2, 0.25) is 0 Å². The van der Waals surface area contributed by atoms with Crippen molar-refractivity contribution < 1.29 is 24.6 Å². The van der Waals surface area contributed by atoms with E-state index in [0.717, 1.165) is 31.4 Å². The number of carboxylic acids is 1. The Kier molecular flexibility index (Phi) is 8.62. The van der Waals surface area contributed by atoms with Gasteiger partial charge in [0.15, 0.2) is 0 Å². The Morgan fingerprint density at radius 2 is 1.94 bits per heavy atom. The molecule has 0 aliphatic carbocycles. The highest BCUT2D eigenvalue weighted by Gasteiger charge is 2.18. The lowest BCUT2D eigenvalue weighted by molar-refractivity contribution is -0.133. The van der Waals surface area contributed by atoms with Gasteiger partial charge in [-0.15, -0.1) is 0 Å². The SMILES string of the molecule is O=C(O)C(=CCC1CCCCN1)NC(=O)c1ccc(C(=O)NCc2cccc(O)c2)cc1Br. The Morgan fingerprint density at radius 3 is 2.61 bits per heavy atom. The van der Waals surface area contributed by atoms with Crippen molar-refractivity contribution in [2.75, 3.05) is 6.54 Å². The van der Waals surface area contributed by atoms with Crippen LogP contribution in [-0.4, -0.2) is 40.6 Å².